The largest absolute Gasteiger partial charge is 0.435 e. The molecular weight excluding hydrogens is 461 g/mol. The number of rotatable bonds is 7. The summed E-state index contributed by atoms with van der Waals surface area (Å²) in [5.74, 6) is -0.944. The molecule has 11 heteroatoms. The second-order valence-corrected chi connectivity index (χ2v) is 8.69. The number of hydrogen-bond donors (Lipinski definition) is 1. The van der Waals surface area contributed by atoms with Gasteiger partial charge in [0.05, 0.1) is 6.33 Å². The highest BCUT2D eigenvalue weighted by Crippen LogP contribution is 2.35. The number of nitrogens with one attached hydrogen (secondary N) is 1. The number of likely N-dealkylation sites (N-methyl/N-ethyl adjacent to an activating group) is 1. The monoisotopic (exact) mass is 488 g/mol. The summed E-state index contributed by atoms with van der Waals surface area (Å²) in [6.45, 7) is -0.400. The van der Waals surface area contributed by atoms with E-state index in [4.69, 9.17) is 0 Å². The summed E-state index contributed by atoms with van der Waals surface area (Å²) in [7, 11) is 3.39. The molecule has 186 valence electrons. The maximum Gasteiger partial charge on any atom is 0.435 e. The Labute approximate surface area is 200 Å². The predicted octanol–water partition coefficient (Wildman–Crippen LogP) is 2.90. The van der Waals surface area contributed by atoms with Crippen LogP contribution in [0.5, 0.6) is 0 Å². The molecule has 0 aliphatic heterocycles. The van der Waals surface area contributed by atoms with Crippen molar-refractivity contribution in [3.05, 3.63) is 65.5 Å². The molecule has 1 aliphatic carbocycles. The standard InChI is InChI=1S/C24H27F3N6O2/c1-31-15-28-13-17(31)12-19(23(35)32(2)16-8-4-3-5-9-16)29-21(34)14-33-20-11-7-6-10-18(20)22(30-33)24(25,26)27/h3-5,8-9,13,15,19H,6-7,10-12,14H2,1-2H3,(H,29,34)/t19-/m0/s1. The van der Waals surface area contributed by atoms with Crippen LogP contribution in [0.15, 0.2) is 42.9 Å². The van der Waals surface area contributed by atoms with Crippen molar-refractivity contribution in [2.24, 2.45) is 7.05 Å². The number of amides is 2. The van der Waals surface area contributed by atoms with Crippen molar-refractivity contribution in [2.45, 2.75) is 50.9 Å². The number of alkyl halides is 3. The van der Waals surface area contributed by atoms with Gasteiger partial charge in [0.15, 0.2) is 5.69 Å². The third-order valence-corrected chi connectivity index (χ3v) is 6.26. The SMILES string of the molecule is CN(C(=O)[C@H](Cc1cncn1C)NC(=O)Cn1nc(C(F)(F)F)c2c1CCCC2)c1ccccc1. The summed E-state index contributed by atoms with van der Waals surface area (Å²) >= 11 is 0. The minimum absolute atomic E-state index is 0.169. The zero-order chi connectivity index (χ0) is 25.2. The fourth-order valence-corrected chi connectivity index (χ4v) is 4.41. The molecule has 4 rings (SSSR count). The molecule has 1 atom stereocenters. The number of hydrogen-bond acceptors (Lipinski definition) is 4. The predicted molar refractivity (Wildman–Crippen MR) is 123 cm³/mol. The van der Waals surface area contributed by atoms with Crippen molar-refractivity contribution in [1.29, 1.82) is 0 Å². The van der Waals surface area contributed by atoms with Crippen LogP contribution in [0.1, 0.15) is 35.5 Å². The summed E-state index contributed by atoms with van der Waals surface area (Å²) in [6.07, 6.45) is 0.892. The Bertz CT molecular complexity index is 1200. The zero-order valence-electron chi connectivity index (χ0n) is 19.5. The highest BCUT2D eigenvalue weighted by Gasteiger charge is 2.39. The zero-order valence-corrected chi connectivity index (χ0v) is 19.5. The maximum atomic E-state index is 13.5. The molecule has 8 nitrogen and oxygen atoms in total. The molecule has 2 heterocycles. The molecule has 2 aromatic heterocycles. The molecule has 1 aliphatic rings. The first-order valence-corrected chi connectivity index (χ1v) is 11.4. The van der Waals surface area contributed by atoms with Gasteiger partial charge in [0.2, 0.25) is 11.8 Å². The van der Waals surface area contributed by atoms with Gasteiger partial charge in [0, 0.05) is 49.4 Å². The number of carbonyl (C=O) groups excluding carboxylic acids is 2. The Balaban J connectivity index is 1.56. The second kappa shape index (κ2) is 9.93. The van der Waals surface area contributed by atoms with E-state index >= 15 is 0 Å². The van der Waals surface area contributed by atoms with Crippen LogP contribution in [0.3, 0.4) is 0 Å². The van der Waals surface area contributed by atoms with Gasteiger partial charge in [-0.3, -0.25) is 14.3 Å². The van der Waals surface area contributed by atoms with Gasteiger partial charge in [-0.25, -0.2) is 4.98 Å². The lowest BCUT2D eigenvalue weighted by Crippen LogP contribution is -2.50. The highest BCUT2D eigenvalue weighted by atomic mass is 19.4. The van der Waals surface area contributed by atoms with Gasteiger partial charge in [-0.05, 0) is 37.8 Å². The van der Waals surface area contributed by atoms with Crippen LogP contribution >= 0.6 is 0 Å². The van der Waals surface area contributed by atoms with E-state index < -0.39 is 30.4 Å². The Morgan fingerprint density at radius 1 is 1.17 bits per heavy atom. The van der Waals surface area contributed by atoms with E-state index in [9.17, 15) is 22.8 Å². The number of nitrogens with zero attached hydrogens (tertiary/aromatic N) is 5. The fraction of sp³-hybridized carbons (Fsp3) is 0.417. The summed E-state index contributed by atoms with van der Waals surface area (Å²) in [6, 6.07) is 8.03. The lowest BCUT2D eigenvalue weighted by Gasteiger charge is -2.25. The average Bonchev–Trinajstić information content (AvgIpc) is 3.41. The van der Waals surface area contributed by atoms with E-state index in [0.717, 1.165) is 16.8 Å². The number of imidazole rings is 1. The van der Waals surface area contributed by atoms with Crippen molar-refractivity contribution in [2.75, 3.05) is 11.9 Å². The van der Waals surface area contributed by atoms with Gasteiger partial charge in [0.1, 0.15) is 12.6 Å². The number of para-hydroxylation sites is 1. The number of halogens is 3. The minimum atomic E-state index is -4.58. The van der Waals surface area contributed by atoms with E-state index in [1.807, 2.05) is 6.07 Å². The van der Waals surface area contributed by atoms with Crippen LogP contribution in [0.4, 0.5) is 18.9 Å². The summed E-state index contributed by atoms with van der Waals surface area (Å²) in [5.41, 5.74) is 1.06. The van der Waals surface area contributed by atoms with Crippen LogP contribution in [0.2, 0.25) is 0 Å². The van der Waals surface area contributed by atoms with E-state index in [2.05, 4.69) is 15.4 Å². The van der Waals surface area contributed by atoms with Gasteiger partial charge in [-0.15, -0.1) is 0 Å². The number of benzene rings is 1. The van der Waals surface area contributed by atoms with Crippen LogP contribution in [0, 0.1) is 0 Å². The van der Waals surface area contributed by atoms with Crippen molar-refractivity contribution < 1.29 is 22.8 Å². The normalized spacial score (nSPS) is 14.3. The second-order valence-electron chi connectivity index (χ2n) is 8.69. The first-order valence-electron chi connectivity index (χ1n) is 11.4. The Morgan fingerprint density at radius 2 is 1.89 bits per heavy atom. The number of aromatic nitrogens is 4. The first-order chi connectivity index (χ1) is 16.6. The van der Waals surface area contributed by atoms with Crippen LogP contribution in [-0.4, -0.2) is 44.2 Å². The maximum absolute atomic E-state index is 13.5. The molecule has 0 saturated heterocycles. The molecule has 0 spiro atoms. The van der Waals surface area contributed by atoms with E-state index in [0.29, 0.717) is 24.2 Å². The third-order valence-electron chi connectivity index (χ3n) is 6.26. The van der Waals surface area contributed by atoms with Gasteiger partial charge < -0.3 is 14.8 Å². The molecule has 1 N–H and O–H groups in total. The van der Waals surface area contributed by atoms with Crippen molar-refractivity contribution >= 4 is 17.5 Å². The molecule has 3 aromatic rings. The number of carbonyl (C=O) groups is 2. The number of anilines is 1. The van der Waals surface area contributed by atoms with Crippen molar-refractivity contribution in [3.63, 3.8) is 0 Å². The minimum Gasteiger partial charge on any atom is -0.342 e. The molecule has 1 aromatic carbocycles. The lowest BCUT2D eigenvalue weighted by atomic mass is 9.95. The van der Waals surface area contributed by atoms with Crippen LogP contribution < -0.4 is 10.2 Å². The molecule has 0 bridgehead atoms. The molecule has 35 heavy (non-hydrogen) atoms. The lowest BCUT2D eigenvalue weighted by molar-refractivity contribution is -0.142. The molecule has 0 radical (unpaired) electrons. The van der Waals surface area contributed by atoms with Crippen molar-refractivity contribution in [3.8, 4) is 0 Å². The molecular formula is C24H27F3N6O2. The van der Waals surface area contributed by atoms with Crippen LogP contribution in [-0.2, 0) is 48.6 Å². The van der Waals surface area contributed by atoms with Crippen LogP contribution in [0.25, 0.3) is 0 Å². The van der Waals surface area contributed by atoms with E-state index in [1.54, 1.807) is 55.5 Å². The quantitative estimate of drug-likeness (QED) is 0.554. The Kier molecular flexibility index (Phi) is 6.95. The molecule has 0 unspecified atom stereocenters. The highest BCUT2D eigenvalue weighted by molar-refractivity contribution is 5.98. The smallest absolute Gasteiger partial charge is 0.342 e. The van der Waals surface area contributed by atoms with Gasteiger partial charge in [0.25, 0.3) is 0 Å². The van der Waals surface area contributed by atoms with E-state index in [-0.39, 0.29) is 24.3 Å². The molecule has 2 amide bonds. The third kappa shape index (κ3) is 5.39. The summed E-state index contributed by atoms with van der Waals surface area (Å²) in [4.78, 5) is 31.9. The Hall–Kier alpha value is -3.63. The van der Waals surface area contributed by atoms with Crippen molar-refractivity contribution in [1.82, 2.24) is 24.6 Å². The summed E-state index contributed by atoms with van der Waals surface area (Å²) < 4.78 is 43.4. The molecule has 0 saturated carbocycles. The number of aryl methyl sites for hydroxylation is 1. The summed E-state index contributed by atoms with van der Waals surface area (Å²) in [5, 5.41) is 6.47. The first kappa shape index (κ1) is 24.5. The van der Waals surface area contributed by atoms with E-state index in [1.165, 1.54) is 4.90 Å². The van der Waals surface area contributed by atoms with Gasteiger partial charge >= 0.3 is 6.18 Å². The van der Waals surface area contributed by atoms with Gasteiger partial charge in [-0.1, -0.05) is 18.2 Å². The molecule has 0 fully saturated rings. The number of fused-ring (bicyclic) bond motifs is 1. The topological polar surface area (TPSA) is 85.0 Å². The average molecular weight is 489 g/mol. The fourth-order valence-electron chi connectivity index (χ4n) is 4.41. The Morgan fingerprint density at radius 3 is 2.54 bits per heavy atom. The van der Waals surface area contributed by atoms with Gasteiger partial charge in [-0.2, -0.15) is 18.3 Å².